The van der Waals surface area contributed by atoms with Crippen LogP contribution in [0.4, 0.5) is 5.82 Å². The first-order chi connectivity index (χ1) is 8.99. The first-order valence-corrected chi connectivity index (χ1v) is 8.15. The molecule has 7 heteroatoms. The van der Waals surface area contributed by atoms with Crippen LogP contribution in [0.2, 0.25) is 0 Å². The number of nitrogens with two attached hydrogens (primary N) is 1. The van der Waals surface area contributed by atoms with Crippen molar-refractivity contribution in [3.63, 3.8) is 0 Å². The molecule has 0 saturated carbocycles. The largest absolute Gasteiger partial charge is 0.383 e. The first-order valence-electron chi connectivity index (χ1n) is 5.73. The lowest BCUT2D eigenvalue weighted by Gasteiger charge is -2.14. The molecule has 1 atom stereocenters. The number of anilines is 1. The fourth-order valence-electron chi connectivity index (χ4n) is 1.76. The van der Waals surface area contributed by atoms with Gasteiger partial charge in [0.05, 0.1) is 0 Å². The number of nitrogen functional groups attached to an aromatic ring is 1. The number of thiophene rings is 1. The van der Waals surface area contributed by atoms with Crippen molar-refractivity contribution in [3.8, 4) is 0 Å². The molecule has 2 rings (SSSR count). The predicted molar refractivity (Wildman–Crippen MR) is 76.5 cm³/mol. The minimum atomic E-state index is -3.63. The number of nitrogens with one attached hydrogen (secondary N) is 1. The van der Waals surface area contributed by atoms with Crippen molar-refractivity contribution in [2.45, 2.75) is 24.3 Å². The van der Waals surface area contributed by atoms with Crippen molar-refractivity contribution in [2.24, 2.45) is 0 Å². The van der Waals surface area contributed by atoms with Gasteiger partial charge in [0.2, 0.25) is 10.0 Å². The molecule has 0 aliphatic rings. The molecule has 1 unspecified atom stereocenters. The highest BCUT2D eigenvalue weighted by Crippen LogP contribution is 2.16. The minimum absolute atomic E-state index is 0.0118. The summed E-state index contributed by atoms with van der Waals surface area (Å²) >= 11 is 1.59. The van der Waals surface area contributed by atoms with Crippen LogP contribution in [0.5, 0.6) is 0 Å². The average molecular weight is 297 g/mol. The van der Waals surface area contributed by atoms with Crippen LogP contribution < -0.4 is 10.5 Å². The van der Waals surface area contributed by atoms with E-state index in [0.29, 0.717) is 6.42 Å². The van der Waals surface area contributed by atoms with Crippen molar-refractivity contribution >= 4 is 27.2 Å². The molecule has 2 aromatic heterocycles. The SMILES string of the molecule is CC(Cc1ccsc1)NS(=O)(=O)c1cccnc1N. The van der Waals surface area contributed by atoms with Gasteiger partial charge in [-0.3, -0.25) is 0 Å². The maximum absolute atomic E-state index is 12.2. The lowest BCUT2D eigenvalue weighted by Crippen LogP contribution is -2.34. The van der Waals surface area contributed by atoms with E-state index in [2.05, 4.69) is 9.71 Å². The van der Waals surface area contributed by atoms with Gasteiger partial charge in [-0.15, -0.1) is 0 Å². The topological polar surface area (TPSA) is 85.1 Å². The first kappa shape index (κ1) is 14.0. The maximum Gasteiger partial charge on any atom is 0.244 e. The Kier molecular flexibility index (Phi) is 4.18. The summed E-state index contributed by atoms with van der Waals surface area (Å²) in [7, 11) is -3.63. The number of rotatable bonds is 5. The van der Waals surface area contributed by atoms with Gasteiger partial charge in [0.1, 0.15) is 10.7 Å². The van der Waals surface area contributed by atoms with E-state index < -0.39 is 10.0 Å². The summed E-state index contributed by atoms with van der Waals surface area (Å²) in [4.78, 5) is 3.81. The molecule has 0 spiro atoms. The minimum Gasteiger partial charge on any atom is -0.383 e. The Hall–Kier alpha value is -1.44. The van der Waals surface area contributed by atoms with E-state index in [-0.39, 0.29) is 16.8 Å². The van der Waals surface area contributed by atoms with Gasteiger partial charge in [-0.1, -0.05) is 0 Å². The van der Waals surface area contributed by atoms with Crippen LogP contribution in [0.25, 0.3) is 0 Å². The van der Waals surface area contributed by atoms with Gasteiger partial charge < -0.3 is 5.73 Å². The highest BCUT2D eigenvalue weighted by atomic mass is 32.2. The molecule has 0 saturated heterocycles. The second-order valence-corrected chi connectivity index (χ2v) is 6.71. The highest BCUT2D eigenvalue weighted by molar-refractivity contribution is 7.89. The molecule has 102 valence electrons. The summed E-state index contributed by atoms with van der Waals surface area (Å²) in [6.07, 6.45) is 2.10. The zero-order valence-electron chi connectivity index (χ0n) is 10.4. The molecule has 0 amide bonds. The number of sulfonamides is 1. The van der Waals surface area contributed by atoms with Crippen LogP contribution in [0.1, 0.15) is 12.5 Å². The van der Waals surface area contributed by atoms with E-state index in [1.165, 1.54) is 12.3 Å². The third-order valence-corrected chi connectivity index (χ3v) is 4.94. The molecular formula is C12H15N3O2S2. The van der Waals surface area contributed by atoms with Gasteiger partial charge in [0, 0.05) is 12.2 Å². The molecule has 0 aliphatic heterocycles. The van der Waals surface area contributed by atoms with Gasteiger partial charge in [-0.2, -0.15) is 11.3 Å². The van der Waals surface area contributed by atoms with Crippen molar-refractivity contribution in [1.82, 2.24) is 9.71 Å². The number of nitrogens with zero attached hydrogens (tertiary/aromatic N) is 1. The van der Waals surface area contributed by atoms with Crippen LogP contribution in [0, 0.1) is 0 Å². The molecule has 19 heavy (non-hydrogen) atoms. The molecule has 2 aromatic rings. The molecule has 0 fully saturated rings. The summed E-state index contributed by atoms with van der Waals surface area (Å²) in [5.74, 6) is 0.0118. The second kappa shape index (κ2) is 5.68. The standard InChI is InChI=1S/C12H15N3O2S2/c1-9(7-10-4-6-18-8-10)15-19(16,17)11-3-2-5-14-12(11)13/h2-6,8-9,15H,7H2,1H3,(H2,13,14). The summed E-state index contributed by atoms with van der Waals surface area (Å²) in [5.41, 5.74) is 6.70. The molecule has 0 bridgehead atoms. The fourth-order valence-corrected chi connectivity index (χ4v) is 3.77. The molecule has 5 nitrogen and oxygen atoms in total. The third-order valence-electron chi connectivity index (χ3n) is 2.57. The number of hydrogen-bond donors (Lipinski definition) is 2. The van der Waals surface area contributed by atoms with Crippen LogP contribution in [-0.2, 0) is 16.4 Å². The average Bonchev–Trinajstić information content (AvgIpc) is 2.81. The van der Waals surface area contributed by atoms with Crippen molar-refractivity contribution < 1.29 is 8.42 Å². The Morgan fingerprint density at radius 1 is 1.47 bits per heavy atom. The zero-order chi connectivity index (χ0) is 13.9. The number of hydrogen-bond acceptors (Lipinski definition) is 5. The van der Waals surface area contributed by atoms with Crippen molar-refractivity contribution in [2.75, 3.05) is 5.73 Å². The molecule has 0 radical (unpaired) electrons. The summed E-state index contributed by atoms with van der Waals surface area (Å²) in [5, 5.41) is 3.97. The summed E-state index contributed by atoms with van der Waals surface area (Å²) in [6, 6.07) is 4.77. The molecular weight excluding hydrogens is 282 g/mol. The van der Waals surface area contributed by atoms with Gasteiger partial charge in [0.15, 0.2) is 0 Å². The van der Waals surface area contributed by atoms with E-state index in [0.717, 1.165) is 5.56 Å². The van der Waals surface area contributed by atoms with Gasteiger partial charge in [-0.05, 0) is 47.9 Å². The molecule has 0 aliphatic carbocycles. The Bertz CT molecular complexity index is 639. The Labute approximate surface area is 116 Å². The molecule has 3 N–H and O–H groups in total. The van der Waals surface area contributed by atoms with Crippen LogP contribution in [-0.4, -0.2) is 19.4 Å². The van der Waals surface area contributed by atoms with E-state index >= 15 is 0 Å². The maximum atomic E-state index is 12.2. The van der Waals surface area contributed by atoms with Gasteiger partial charge in [-0.25, -0.2) is 18.1 Å². The second-order valence-electron chi connectivity index (χ2n) is 4.24. The number of aromatic nitrogens is 1. The van der Waals surface area contributed by atoms with Crippen molar-refractivity contribution in [3.05, 3.63) is 40.7 Å². The predicted octanol–water partition coefficient (Wildman–Crippen LogP) is 1.63. The van der Waals surface area contributed by atoms with Crippen LogP contribution in [0.15, 0.2) is 40.1 Å². The third kappa shape index (κ3) is 3.52. The van der Waals surface area contributed by atoms with Gasteiger partial charge >= 0.3 is 0 Å². The Morgan fingerprint density at radius 2 is 2.26 bits per heavy atom. The normalized spacial score (nSPS) is 13.3. The fraction of sp³-hybridized carbons (Fsp3) is 0.250. The van der Waals surface area contributed by atoms with E-state index in [4.69, 9.17) is 5.73 Å². The van der Waals surface area contributed by atoms with E-state index in [1.807, 2.05) is 23.8 Å². The summed E-state index contributed by atoms with van der Waals surface area (Å²) in [6.45, 7) is 1.82. The zero-order valence-corrected chi connectivity index (χ0v) is 12.0. The van der Waals surface area contributed by atoms with Gasteiger partial charge in [0.25, 0.3) is 0 Å². The molecule has 0 aromatic carbocycles. The quantitative estimate of drug-likeness (QED) is 0.878. The smallest absolute Gasteiger partial charge is 0.244 e. The monoisotopic (exact) mass is 297 g/mol. The van der Waals surface area contributed by atoms with Crippen LogP contribution >= 0.6 is 11.3 Å². The summed E-state index contributed by atoms with van der Waals surface area (Å²) < 4.78 is 26.9. The van der Waals surface area contributed by atoms with Crippen LogP contribution in [0.3, 0.4) is 0 Å². The van der Waals surface area contributed by atoms with Crippen molar-refractivity contribution in [1.29, 1.82) is 0 Å². The number of pyridine rings is 1. The Balaban J connectivity index is 2.11. The Morgan fingerprint density at radius 3 is 2.89 bits per heavy atom. The lowest BCUT2D eigenvalue weighted by molar-refractivity contribution is 0.560. The van der Waals surface area contributed by atoms with E-state index in [9.17, 15) is 8.42 Å². The lowest BCUT2D eigenvalue weighted by atomic mass is 10.1. The molecule has 2 heterocycles. The van der Waals surface area contributed by atoms with E-state index in [1.54, 1.807) is 17.4 Å². The highest BCUT2D eigenvalue weighted by Gasteiger charge is 2.20.